The molecule has 0 radical (unpaired) electrons. The third kappa shape index (κ3) is 6.75. The van der Waals surface area contributed by atoms with Crippen molar-refractivity contribution in [1.82, 2.24) is 4.98 Å². The summed E-state index contributed by atoms with van der Waals surface area (Å²) in [5.41, 5.74) is 9.50. The van der Waals surface area contributed by atoms with Crippen molar-refractivity contribution in [3.63, 3.8) is 0 Å². The normalized spacial score (nSPS) is 10.4. The van der Waals surface area contributed by atoms with Crippen LogP contribution < -0.4 is 15.2 Å². The second-order valence-electron chi connectivity index (χ2n) is 6.55. The van der Waals surface area contributed by atoms with Gasteiger partial charge in [-0.25, -0.2) is 4.98 Å². The number of ether oxygens (including phenoxy) is 2. The lowest BCUT2D eigenvalue weighted by Gasteiger charge is -2.13. The minimum absolute atomic E-state index is 0.536. The predicted molar refractivity (Wildman–Crippen MR) is 105 cm³/mol. The molecule has 4 nitrogen and oxygen atoms in total. The van der Waals surface area contributed by atoms with Crippen LogP contribution in [-0.4, -0.2) is 25.7 Å². The second-order valence-corrected chi connectivity index (χ2v) is 6.55. The Morgan fingerprint density at radius 1 is 0.960 bits per heavy atom. The van der Waals surface area contributed by atoms with Crippen LogP contribution in [-0.2, 0) is 6.42 Å². The van der Waals surface area contributed by atoms with Crippen LogP contribution in [0.2, 0.25) is 0 Å². The Balaban J connectivity index is 0.000000257. The number of methoxy groups -OCH3 is 2. The molecule has 0 aliphatic carbocycles. The van der Waals surface area contributed by atoms with Gasteiger partial charge in [0.25, 0.3) is 0 Å². The van der Waals surface area contributed by atoms with E-state index in [2.05, 4.69) is 44.8 Å². The summed E-state index contributed by atoms with van der Waals surface area (Å²) in [5, 5.41) is 0. The Morgan fingerprint density at radius 3 is 2.12 bits per heavy atom. The average Bonchev–Trinajstić information content (AvgIpc) is 2.62. The fourth-order valence-electron chi connectivity index (χ4n) is 2.50. The molecule has 2 rings (SSSR count). The minimum atomic E-state index is 0.536. The number of aromatic nitrogens is 1. The van der Waals surface area contributed by atoms with E-state index in [1.54, 1.807) is 14.2 Å². The highest BCUT2D eigenvalue weighted by Gasteiger charge is 2.07. The Kier molecular flexibility index (Phi) is 9.00. The van der Waals surface area contributed by atoms with E-state index in [0.29, 0.717) is 24.3 Å². The molecule has 0 aliphatic rings. The summed E-state index contributed by atoms with van der Waals surface area (Å²) >= 11 is 0. The van der Waals surface area contributed by atoms with Gasteiger partial charge in [0, 0.05) is 12.3 Å². The summed E-state index contributed by atoms with van der Waals surface area (Å²) in [5.74, 6) is 2.67. The molecule has 0 unspecified atom stereocenters. The maximum Gasteiger partial charge on any atom is 0.212 e. The summed E-state index contributed by atoms with van der Waals surface area (Å²) in [4.78, 5) is 4.10. The third-order valence-corrected chi connectivity index (χ3v) is 4.02. The first-order chi connectivity index (χ1) is 11.9. The van der Waals surface area contributed by atoms with Crippen LogP contribution in [0.4, 0.5) is 0 Å². The molecule has 0 bridgehead atoms. The van der Waals surface area contributed by atoms with E-state index in [4.69, 9.17) is 15.2 Å². The summed E-state index contributed by atoms with van der Waals surface area (Å²) in [6.45, 7) is 9.36. The average molecular weight is 344 g/mol. The van der Waals surface area contributed by atoms with Crippen LogP contribution in [0.25, 0.3) is 0 Å². The molecule has 25 heavy (non-hydrogen) atoms. The van der Waals surface area contributed by atoms with Crippen LogP contribution in [0.1, 0.15) is 56.2 Å². The molecule has 0 fully saturated rings. The number of pyridine rings is 1. The highest BCUT2D eigenvalue weighted by atomic mass is 16.5. The molecule has 0 spiro atoms. The van der Waals surface area contributed by atoms with Crippen LogP contribution in [0, 0.1) is 0 Å². The monoisotopic (exact) mass is 344 g/mol. The highest BCUT2D eigenvalue weighted by Crippen LogP contribution is 2.24. The molecule has 1 heterocycles. The van der Waals surface area contributed by atoms with E-state index in [1.165, 1.54) is 16.7 Å². The van der Waals surface area contributed by atoms with Crippen molar-refractivity contribution in [1.29, 1.82) is 0 Å². The topological polar surface area (TPSA) is 57.4 Å². The fourth-order valence-corrected chi connectivity index (χ4v) is 2.50. The van der Waals surface area contributed by atoms with Crippen molar-refractivity contribution < 1.29 is 9.47 Å². The molecule has 4 heteroatoms. The molecule has 0 atom stereocenters. The summed E-state index contributed by atoms with van der Waals surface area (Å²) in [6.07, 6.45) is 2.77. The highest BCUT2D eigenvalue weighted by molar-refractivity contribution is 5.37. The first-order valence-corrected chi connectivity index (χ1v) is 8.79. The largest absolute Gasteiger partial charge is 0.497 e. The van der Waals surface area contributed by atoms with Crippen molar-refractivity contribution >= 4 is 0 Å². The molecule has 1 aromatic heterocycles. The van der Waals surface area contributed by atoms with Gasteiger partial charge in [0.2, 0.25) is 5.88 Å². The van der Waals surface area contributed by atoms with Gasteiger partial charge in [0.1, 0.15) is 5.75 Å². The zero-order valence-electron chi connectivity index (χ0n) is 16.4. The number of hydrogen-bond acceptors (Lipinski definition) is 4. The molecular weight excluding hydrogens is 312 g/mol. The van der Waals surface area contributed by atoms with Gasteiger partial charge in [0.05, 0.1) is 14.2 Å². The maximum absolute atomic E-state index is 5.58. The van der Waals surface area contributed by atoms with Gasteiger partial charge in [-0.2, -0.15) is 0 Å². The van der Waals surface area contributed by atoms with E-state index in [1.807, 2.05) is 24.4 Å². The maximum atomic E-state index is 5.58. The number of benzene rings is 1. The standard InChI is InChI=1S/C12H19NO.C9H13NO/c1-9(2)12-5-4-11(14-3)8-10(12)6-7-13;1-7(2)8-4-5-9(11-3)10-6-8/h4-5,8-9H,6-7,13H2,1-3H3;4-7H,1-3H3. The Bertz CT molecular complexity index is 622. The quantitative estimate of drug-likeness (QED) is 0.836. The summed E-state index contributed by atoms with van der Waals surface area (Å²) in [6, 6.07) is 10.2. The Hall–Kier alpha value is -2.07. The van der Waals surface area contributed by atoms with Gasteiger partial charge in [-0.3, -0.25) is 0 Å². The van der Waals surface area contributed by atoms with Gasteiger partial charge in [-0.05, 0) is 53.6 Å². The smallest absolute Gasteiger partial charge is 0.212 e. The van der Waals surface area contributed by atoms with Gasteiger partial charge in [-0.15, -0.1) is 0 Å². The van der Waals surface area contributed by atoms with Crippen molar-refractivity contribution in [2.24, 2.45) is 5.73 Å². The lowest BCUT2D eigenvalue weighted by atomic mass is 9.95. The molecule has 2 N–H and O–H groups in total. The SMILES string of the molecule is COc1ccc(C(C)C)c(CCN)c1.COc1ccc(C(C)C)cn1. The lowest BCUT2D eigenvalue weighted by Crippen LogP contribution is -2.06. The van der Waals surface area contributed by atoms with E-state index >= 15 is 0 Å². The van der Waals surface area contributed by atoms with Crippen molar-refractivity contribution in [3.05, 3.63) is 53.2 Å². The Labute approximate surface area is 152 Å². The number of hydrogen-bond donors (Lipinski definition) is 1. The first-order valence-electron chi connectivity index (χ1n) is 8.79. The van der Waals surface area contributed by atoms with Crippen LogP contribution in [0.15, 0.2) is 36.5 Å². The van der Waals surface area contributed by atoms with Crippen LogP contribution in [0.5, 0.6) is 11.6 Å². The van der Waals surface area contributed by atoms with Gasteiger partial charge in [-0.1, -0.05) is 39.8 Å². The number of nitrogens with two attached hydrogens (primary N) is 1. The Morgan fingerprint density at radius 2 is 1.68 bits per heavy atom. The number of nitrogens with zero attached hydrogens (tertiary/aromatic N) is 1. The van der Waals surface area contributed by atoms with Gasteiger partial charge in [0.15, 0.2) is 0 Å². The van der Waals surface area contributed by atoms with E-state index in [9.17, 15) is 0 Å². The van der Waals surface area contributed by atoms with Crippen molar-refractivity contribution in [2.45, 2.75) is 46.0 Å². The van der Waals surface area contributed by atoms with E-state index in [0.717, 1.165) is 12.2 Å². The molecule has 0 saturated carbocycles. The number of rotatable bonds is 6. The molecular formula is C21H32N2O2. The third-order valence-electron chi connectivity index (χ3n) is 4.02. The molecule has 0 amide bonds. The molecule has 0 aliphatic heterocycles. The lowest BCUT2D eigenvalue weighted by molar-refractivity contribution is 0.397. The van der Waals surface area contributed by atoms with Crippen molar-refractivity contribution in [3.8, 4) is 11.6 Å². The predicted octanol–water partition coefficient (Wildman–Crippen LogP) is 4.53. The summed E-state index contributed by atoms with van der Waals surface area (Å²) in [7, 11) is 3.31. The van der Waals surface area contributed by atoms with Gasteiger partial charge < -0.3 is 15.2 Å². The van der Waals surface area contributed by atoms with Gasteiger partial charge >= 0.3 is 0 Å². The molecule has 2 aromatic rings. The van der Waals surface area contributed by atoms with E-state index < -0.39 is 0 Å². The van der Waals surface area contributed by atoms with Crippen LogP contribution >= 0.6 is 0 Å². The summed E-state index contributed by atoms with van der Waals surface area (Å²) < 4.78 is 10.1. The molecule has 0 saturated heterocycles. The molecule has 138 valence electrons. The van der Waals surface area contributed by atoms with Crippen LogP contribution in [0.3, 0.4) is 0 Å². The minimum Gasteiger partial charge on any atom is -0.497 e. The van der Waals surface area contributed by atoms with E-state index in [-0.39, 0.29) is 0 Å². The zero-order valence-corrected chi connectivity index (χ0v) is 16.4. The van der Waals surface area contributed by atoms with Crippen molar-refractivity contribution in [2.75, 3.05) is 20.8 Å². The first kappa shape index (κ1) is 21.0. The zero-order chi connectivity index (χ0) is 18.8. The fraction of sp³-hybridized carbons (Fsp3) is 0.476. The molecule has 1 aromatic carbocycles. The second kappa shape index (κ2) is 10.7.